The molecule has 0 saturated carbocycles. The quantitative estimate of drug-likeness (QED) is 0.767. The fourth-order valence-electron chi connectivity index (χ4n) is 3.73. The van der Waals surface area contributed by atoms with Crippen molar-refractivity contribution in [2.24, 2.45) is 5.41 Å². The summed E-state index contributed by atoms with van der Waals surface area (Å²) in [6, 6.07) is 7.36. The zero-order chi connectivity index (χ0) is 21.3. The first-order valence-electron chi connectivity index (χ1n) is 10.00. The highest BCUT2D eigenvalue weighted by molar-refractivity contribution is 6.31. The van der Waals surface area contributed by atoms with Crippen LogP contribution in [-0.4, -0.2) is 48.8 Å². The fourth-order valence-corrected chi connectivity index (χ4v) is 4.03. The standard InChI is InChI=1S/C21H26ClN5O3/c1-13-8-18(26-20(23)24-13)27-6-3-7-29-10-17(27)15-5-4-14(9-16(15)22)25-19(28)21(2)11-30-12-21/h4-5,8-9,17H,3,6-7,10-12H2,1-2H3,(H,25,28)(H2,23,24,26). The van der Waals surface area contributed by atoms with Crippen LogP contribution in [0.2, 0.25) is 5.02 Å². The van der Waals surface area contributed by atoms with Gasteiger partial charge in [-0.2, -0.15) is 4.98 Å². The Kier molecular flexibility index (Phi) is 5.81. The van der Waals surface area contributed by atoms with Gasteiger partial charge >= 0.3 is 0 Å². The van der Waals surface area contributed by atoms with Gasteiger partial charge in [-0.05, 0) is 38.0 Å². The predicted molar refractivity (Wildman–Crippen MR) is 116 cm³/mol. The third-order valence-corrected chi connectivity index (χ3v) is 5.83. The van der Waals surface area contributed by atoms with E-state index in [2.05, 4.69) is 20.2 Å². The van der Waals surface area contributed by atoms with E-state index in [0.717, 1.165) is 30.0 Å². The van der Waals surface area contributed by atoms with Crippen LogP contribution in [0.4, 0.5) is 17.5 Å². The van der Waals surface area contributed by atoms with E-state index in [1.165, 1.54) is 0 Å². The zero-order valence-electron chi connectivity index (χ0n) is 17.2. The normalized spacial score (nSPS) is 20.9. The summed E-state index contributed by atoms with van der Waals surface area (Å²) in [5.74, 6) is 0.928. The van der Waals surface area contributed by atoms with Crippen molar-refractivity contribution in [3.05, 3.63) is 40.5 Å². The molecule has 1 unspecified atom stereocenters. The first kappa shape index (κ1) is 20.8. The maximum absolute atomic E-state index is 12.5. The van der Waals surface area contributed by atoms with E-state index in [4.69, 9.17) is 26.8 Å². The number of rotatable bonds is 4. The van der Waals surface area contributed by atoms with Gasteiger partial charge in [0, 0.05) is 35.6 Å². The molecule has 0 radical (unpaired) electrons. The third kappa shape index (κ3) is 4.21. The molecule has 3 heterocycles. The van der Waals surface area contributed by atoms with Crippen LogP contribution in [0.1, 0.15) is 30.6 Å². The number of carbonyl (C=O) groups excluding carboxylic acids is 1. The number of amides is 1. The molecule has 1 atom stereocenters. The average Bonchev–Trinajstić information content (AvgIpc) is 2.91. The molecule has 0 aliphatic carbocycles. The first-order chi connectivity index (χ1) is 14.4. The largest absolute Gasteiger partial charge is 0.379 e. The highest BCUT2D eigenvalue weighted by atomic mass is 35.5. The smallest absolute Gasteiger partial charge is 0.234 e. The van der Waals surface area contributed by atoms with Crippen molar-refractivity contribution >= 4 is 35.0 Å². The van der Waals surface area contributed by atoms with Gasteiger partial charge < -0.3 is 25.4 Å². The third-order valence-electron chi connectivity index (χ3n) is 5.50. The summed E-state index contributed by atoms with van der Waals surface area (Å²) in [5, 5.41) is 3.50. The van der Waals surface area contributed by atoms with Crippen molar-refractivity contribution in [1.82, 2.24) is 9.97 Å². The summed E-state index contributed by atoms with van der Waals surface area (Å²) in [6.07, 6.45) is 0.867. The molecular formula is C21H26ClN5O3. The number of carbonyl (C=O) groups is 1. The van der Waals surface area contributed by atoms with E-state index >= 15 is 0 Å². The lowest BCUT2D eigenvalue weighted by Crippen LogP contribution is -2.49. The Morgan fingerprint density at radius 3 is 2.77 bits per heavy atom. The van der Waals surface area contributed by atoms with Crippen LogP contribution in [0, 0.1) is 12.3 Å². The van der Waals surface area contributed by atoms with Crippen LogP contribution in [0.25, 0.3) is 0 Å². The van der Waals surface area contributed by atoms with Gasteiger partial charge in [0.25, 0.3) is 0 Å². The molecule has 2 fully saturated rings. The van der Waals surface area contributed by atoms with Crippen LogP contribution in [0.5, 0.6) is 0 Å². The number of ether oxygens (including phenoxy) is 2. The lowest BCUT2D eigenvalue weighted by atomic mass is 9.87. The van der Waals surface area contributed by atoms with E-state index in [9.17, 15) is 4.79 Å². The van der Waals surface area contributed by atoms with Gasteiger partial charge in [-0.25, -0.2) is 4.98 Å². The minimum absolute atomic E-state index is 0.0658. The molecule has 0 spiro atoms. The van der Waals surface area contributed by atoms with Crippen molar-refractivity contribution in [1.29, 1.82) is 0 Å². The lowest BCUT2D eigenvalue weighted by Gasteiger charge is -2.36. The molecule has 9 heteroatoms. The highest BCUT2D eigenvalue weighted by Gasteiger charge is 2.41. The van der Waals surface area contributed by atoms with E-state index in [1.807, 2.05) is 32.0 Å². The van der Waals surface area contributed by atoms with Crippen molar-refractivity contribution < 1.29 is 14.3 Å². The fraction of sp³-hybridized carbons (Fsp3) is 0.476. The van der Waals surface area contributed by atoms with Gasteiger partial charge in [-0.3, -0.25) is 4.79 Å². The molecule has 160 valence electrons. The van der Waals surface area contributed by atoms with Gasteiger partial charge in [-0.1, -0.05) is 17.7 Å². The molecule has 4 rings (SSSR count). The molecule has 2 aliphatic heterocycles. The number of nitrogens with one attached hydrogen (secondary N) is 1. The summed E-state index contributed by atoms with van der Waals surface area (Å²) in [4.78, 5) is 23.2. The molecule has 8 nitrogen and oxygen atoms in total. The second kappa shape index (κ2) is 8.37. The number of halogens is 1. The molecule has 30 heavy (non-hydrogen) atoms. The molecule has 2 saturated heterocycles. The van der Waals surface area contributed by atoms with Gasteiger partial charge in [0.05, 0.1) is 31.3 Å². The lowest BCUT2D eigenvalue weighted by molar-refractivity contribution is -0.151. The monoisotopic (exact) mass is 431 g/mol. The number of hydrogen-bond acceptors (Lipinski definition) is 7. The number of nitrogen functional groups attached to an aromatic ring is 1. The summed E-state index contributed by atoms with van der Waals surface area (Å²) in [6.45, 7) is 6.54. The summed E-state index contributed by atoms with van der Waals surface area (Å²) in [7, 11) is 0. The molecule has 2 aromatic rings. The average molecular weight is 432 g/mol. The van der Waals surface area contributed by atoms with Gasteiger partial charge in [-0.15, -0.1) is 0 Å². The number of nitrogens with zero attached hydrogens (tertiary/aromatic N) is 3. The second-order valence-corrected chi connectivity index (χ2v) is 8.51. The van der Waals surface area contributed by atoms with Gasteiger partial charge in [0.1, 0.15) is 5.82 Å². The van der Waals surface area contributed by atoms with Crippen LogP contribution in [0.3, 0.4) is 0 Å². The van der Waals surface area contributed by atoms with E-state index < -0.39 is 5.41 Å². The maximum Gasteiger partial charge on any atom is 0.234 e. The minimum atomic E-state index is -0.484. The number of aromatic nitrogens is 2. The predicted octanol–water partition coefficient (Wildman–Crippen LogP) is 2.96. The summed E-state index contributed by atoms with van der Waals surface area (Å²) < 4.78 is 11.0. The Morgan fingerprint density at radius 1 is 1.30 bits per heavy atom. The Hall–Kier alpha value is -2.42. The first-order valence-corrected chi connectivity index (χ1v) is 10.4. The summed E-state index contributed by atoms with van der Waals surface area (Å²) in [5.41, 5.74) is 7.77. The van der Waals surface area contributed by atoms with Crippen LogP contribution in [0.15, 0.2) is 24.3 Å². The number of nitrogens with two attached hydrogens (primary N) is 1. The number of anilines is 3. The van der Waals surface area contributed by atoms with E-state index in [1.54, 1.807) is 6.07 Å². The van der Waals surface area contributed by atoms with Gasteiger partial charge in [0.15, 0.2) is 0 Å². The Labute approximate surface area is 180 Å². The van der Waals surface area contributed by atoms with Crippen molar-refractivity contribution in [3.63, 3.8) is 0 Å². The van der Waals surface area contributed by atoms with E-state index in [0.29, 0.717) is 37.1 Å². The second-order valence-electron chi connectivity index (χ2n) is 8.11. The molecule has 0 bridgehead atoms. The summed E-state index contributed by atoms with van der Waals surface area (Å²) >= 11 is 6.66. The molecule has 1 amide bonds. The van der Waals surface area contributed by atoms with Crippen LogP contribution in [-0.2, 0) is 14.3 Å². The molecule has 3 N–H and O–H groups in total. The van der Waals surface area contributed by atoms with E-state index in [-0.39, 0.29) is 17.9 Å². The number of aryl methyl sites for hydroxylation is 1. The molecule has 1 aromatic carbocycles. The molecule has 1 aromatic heterocycles. The Bertz CT molecular complexity index is 930. The molecular weight excluding hydrogens is 406 g/mol. The Morgan fingerprint density at radius 2 is 2.10 bits per heavy atom. The van der Waals surface area contributed by atoms with Crippen LogP contribution >= 0.6 is 11.6 Å². The minimum Gasteiger partial charge on any atom is -0.379 e. The zero-order valence-corrected chi connectivity index (χ0v) is 17.9. The highest BCUT2D eigenvalue weighted by Crippen LogP contribution is 2.35. The number of benzene rings is 1. The maximum atomic E-state index is 12.5. The van der Waals surface area contributed by atoms with Crippen molar-refractivity contribution in [3.8, 4) is 0 Å². The number of hydrogen-bond donors (Lipinski definition) is 2. The molecule has 2 aliphatic rings. The van der Waals surface area contributed by atoms with Crippen LogP contribution < -0.4 is 16.0 Å². The van der Waals surface area contributed by atoms with Crippen molar-refractivity contribution in [2.45, 2.75) is 26.3 Å². The van der Waals surface area contributed by atoms with Gasteiger partial charge in [0.2, 0.25) is 11.9 Å². The Balaban J connectivity index is 1.60. The SMILES string of the molecule is Cc1cc(N2CCCOCC2c2ccc(NC(=O)C3(C)COC3)cc2Cl)nc(N)n1. The topological polar surface area (TPSA) is 103 Å². The van der Waals surface area contributed by atoms with Crippen molar-refractivity contribution in [2.75, 3.05) is 48.9 Å².